The molecular formula is C17H19FO3. The molecule has 0 aromatic heterocycles. The summed E-state index contributed by atoms with van der Waals surface area (Å²) in [6, 6.07) is 2.74. The summed E-state index contributed by atoms with van der Waals surface area (Å²) in [4.78, 5) is 12.7. The first-order valence-corrected chi connectivity index (χ1v) is 7.61. The van der Waals surface area contributed by atoms with Crippen molar-refractivity contribution in [1.29, 1.82) is 0 Å². The molecule has 0 N–H and O–H groups in total. The summed E-state index contributed by atoms with van der Waals surface area (Å²) in [6.45, 7) is 0. The minimum Gasteiger partial charge on any atom is -0.493 e. The van der Waals surface area contributed by atoms with Crippen molar-refractivity contribution in [3.63, 3.8) is 0 Å². The predicted octanol–water partition coefficient (Wildman–Crippen LogP) is 3.32. The topological polar surface area (TPSA) is 35.5 Å². The number of benzene rings is 1. The van der Waals surface area contributed by atoms with E-state index < -0.39 is 5.82 Å². The Morgan fingerprint density at radius 3 is 2.24 bits per heavy atom. The summed E-state index contributed by atoms with van der Waals surface area (Å²) in [7, 11) is 2.96. The molecule has 4 rings (SSSR count). The van der Waals surface area contributed by atoms with E-state index in [4.69, 9.17) is 9.47 Å². The maximum atomic E-state index is 14.2. The molecular weight excluding hydrogens is 271 g/mol. The van der Waals surface area contributed by atoms with Crippen LogP contribution in [-0.2, 0) is 0 Å². The van der Waals surface area contributed by atoms with Crippen molar-refractivity contribution in [2.24, 2.45) is 29.6 Å². The van der Waals surface area contributed by atoms with Crippen molar-refractivity contribution in [1.82, 2.24) is 0 Å². The summed E-state index contributed by atoms with van der Waals surface area (Å²) in [5, 5.41) is 0. The Labute approximate surface area is 123 Å². The number of carbonyl (C=O) groups is 1. The van der Waals surface area contributed by atoms with Gasteiger partial charge < -0.3 is 9.47 Å². The van der Waals surface area contributed by atoms with Gasteiger partial charge in [-0.2, -0.15) is 0 Å². The van der Waals surface area contributed by atoms with Gasteiger partial charge in [0.25, 0.3) is 0 Å². The molecule has 4 atom stereocenters. The lowest BCUT2D eigenvalue weighted by Crippen LogP contribution is -2.12. The summed E-state index contributed by atoms with van der Waals surface area (Å²) >= 11 is 0. The van der Waals surface area contributed by atoms with Crippen LogP contribution >= 0.6 is 0 Å². The first-order valence-electron chi connectivity index (χ1n) is 7.61. The minimum atomic E-state index is -0.505. The number of rotatable bonds is 4. The van der Waals surface area contributed by atoms with Gasteiger partial charge in [0.1, 0.15) is 5.82 Å². The highest BCUT2D eigenvalue weighted by Gasteiger charge is 2.67. The first-order chi connectivity index (χ1) is 10.2. The molecule has 0 saturated heterocycles. The molecule has 2 bridgehead atoms. The van der Waals surface area contributed by atoms with Crippen LogP contribution in [0.1, 0.15) is 29.6 Å². The fraction of sp³-hybridized carbons (Fsp3) is 0.588. The molecule has 3 aliphatic carbocycles. The molecule has 3 fully saturated rings. The minimum absolute atomic E-state index is 0.0416. The van der Waals surface area contributed by atoms with Crippen molar-refractivity contribution in [2.75, 3.05) is 14.2 Å². The Hall–Kier alpha value is -1.58. The van der Waals surface area contributed by atoms with Gasteiger partial charge in [-0.3, -0.25) is 4.79 Å². The normalized spacial score (nSPS) is 35.5. The highest BCUT2D eigenvalue weighted by atomic mass is 19.1. The van der Waals surface area contributed by atoms with E-state index in [1.54, 1.807) is 0 Å². The van der Waals surface area contributed by atoms with Crippen LogP contribution in [0.25, 0.3) is 0 Å². The molecule has 0 heterocycles. The monoisotopic (exact) mass is 290 g/mol. The van der Waals surface area contributed by atoms with E-state index in [-0.39, 0.29) is 17.3 Å². The third kappa shape index (κ3) is 1.74. The van der Waals surface area contributed by atoms with Gasteiger partial charge in [0, 0.05) is 12.0 Å². The van der Waals surface area contributed by atoms with Gasteiger partial charge in [0.05, 0.1) is 19.8 Å². The standard InChI is InChI=1S/C17H19FO3/c1-20-12-6-10(11(18)7-13(12)21-2)17(19)16-14-8-3-4-9(5-8)15(14)16/h6-9,14-16H,3-5H2,1-2H3. The molecule has 1 aromatic carbocycles. The van der Waals surface area contributed by atoms with Crippen LogP contribution in [0.2, 0.25) is 0 Å². The van der Waals surface area contributed by atoms with Gasteiger partial charge >= 0.3 is 0 Å². The number of halogens is 1. The molecule has 0 amide bonds. The third-order valence-electron chi connectivity index (χ3n) is 5.78. The van der Waals surface area contributed by atoms with Crippen molar-refractivity contribution >= 4 is 5.78 Å². The molecule has 4 heteroatoms. The van der Waals surface area contributed by atoms with Crippen LogP contribution in [0.15, 0.2) is 12.1 Å². The smallest absolute Gasteiger partial charge is 0.169 e. The van der Waals surface area contributed by atoms with Crippen LogP contribution in [0.4, 0.5) is 4.39 Å². The second-order valence-corrected chi connectivity index (χ2v) is 6.56. The summed E-state index contributed by atoms with van der Waals surface area (Å²) in [5.41, 5.74) is 0.159. The Morgan fingerprint density at radius 2 is 1.67 bits per heavy atom. The third-order valence-corrected chi connectivity index (χ3v) is 5.78. The number of Topliss-reactive ketones (excluding diaryl/α,β-unsaturated/α-hetero) is 1. The molecule has 1 aromatic rings. The number of hydrogen-bond donors (Lipinski definition) is 0. The molecule has 0 radical (unpaired) electrons. The lowest BCUT2D eigenvalue weighted by Gasteiger charge is -2.12. The molecule has 0 aliphatic heterocycles. The second kappa shape index (κ2) is 4.46. The number of fused-ring (bicyclic) bond motifs is 5. The van der Waals surface area contributed by atoms with Gasteiger partial charge in [-0.1, -0.05) is 0 Å². The lowest BCUT2D eigenvalue weighted by molar-refractivity contribution is 0.0940. The SMILES string of the molecule is COc1cc(F)c(C(=O)C2C3C4CCC(C4)C23)cc1OC. The van der Waals surface area contributed by atoms with Crippen LogP contribution in [0, 0.1) is 35.4 Å². The van der Waals surface area contributed by atoms with Crippen molar-refractivity contribution < 1.29 is 18.7 Å². The van der Waals surface area contributed by atoms with Crippen LogP contribution in [0.5, 0.6) is 11.5 Å². The van der Waals surface area contributed by atoms with E-state index in [9.17, 15) is 9.18 Å². The molecule has 3 nitrogen and oxygen atoms in total. The molecule has 3 saturated carbocycles. The fourth-order valence-corrected chi connectivity index (χ4v) is 4.90. The van der Waals surface area contributed by atoms with E-state index in [0.29, 0.717) is 35.2 Å². The zero-order valence-electron chi connectivity index (χ0n) is 12.3. The van der Waals surface area contributed by atoms with Crippen molar-refractivity contribution in [3.05, 3.63) is 23.5 Å². The molecule has 4 unspecified atom stereocenters. The average molecular weight is 290 g/mol. The maximum Gasteiger partial charge on any atom is 0.169 e. The Kier molecular flexibility index (Phi) is 2.78. The quantitative estimate of drug-likeness (QED) is 0.798. The van der Waals surface area contributed by atoms with Crippen molar-refractivity contribution in [3.8, 4) is 11.5 Å². The number of ether oxygens (including phenoxy) is 2. The van der Waals surface area contributed by atoms with Gasteiger partial charge in [-0.15, -0.1) is 0 Å². The van der Waals surface area contributed by atoms with Crippen LogP contribution < -0.4 is 9.47 Å². The number of hydrogen-bond acceptors (Lipinski definition) is 3. The van der Waals surface area contributed by atoms with Crippen LogP contribution in [-0.4, -0.2) is 20.0 Å². The zero-order valence-corrected chi connectivity index (χ0v) is 12.3. The molecule has 112 valence electrons. The largest absolute Gasteiger partial charge is 0.493 e. The van der Waals surface area contributed by atoms with E-state index in [1.807, 2.05) is 0 Å². The van der Waals surface area contributed by atoms with Gasteiger partial charge in [-0.25, -0.2) is 4.39 Å². The average Bonchev–Trinajstić information content (AvgIpc) is 2.93. The number of carbonyl (C=O) groups excluding carboxylic acids is 1. The molecule has 3 aliphatic rings. The second-order valence-electron chi connectivity index (χ2n) is 6.56. The number of ketones is 1. The van der Waals surface area contributed by atoms with E-state index in [0.717, 1.165) is 0 Å². The van der Waals surface area contributed by atoms with E-state index >= 15 is 0 Å². The van der Waals surface area contributed by atoms with E-state index in [2.05, 4.69) is 0 Å². The van der Waals surface area contributed by atoms with Gasteiger partial charge in [0.2, 0.25) is 0 Å². The van der Waals surface area contributed by atoms with Gasteiger partial charge in [-0.05, 0) is 49.0 Å². The summed E-state index contributed by atoms with van der Waals surface area (Å²) in [5.74, 6) is 2.68. The predicted molar refractivity (Wildman–Crippen MR) is 75.1 cm³/mol. The number of methoxy groups -OCH3 is 2. The first kappa shape index (κ1) is 13.1. The Balaban J connectivity index is 1.64. The van der Waals surface area contributed by atoms with Crippen molar-refractivity contribution in [2.45, 2.75) is 19.3 Å². The maximum absolute atomic E-state index is 14.2. The lowest BCUT2D eigenvalue weighted by atomic mass is 9.96. The van der Waals surface area contributed by atoms with E-state index in [1.165, 1.54) is 45.6 Å². The summed E-state index contributed by atoms with van der Waals surface area (Å²) in [6.07, 6.45) is 3.79. The molecule has 0 spiro atoms. The molecule has 21 heavy (non-hydrogen) atoms. The Bertz CT molecular complexity index is 596. The van der Waals surface area contributed by atoms with Gasteiger partial charge in [0.15, 0.2) is 17.3 Å². The Morgan fingerprint density at radius 1 is 1.10 bits per heavy atom. The fourth-order valence-electron chi connectivity index (χ4n) is 4.90. The zero-order chi connectivity index (χ0) is 14.7. The van der Waals surface area contributed by atoms with Crippen LogP contribution in [0.3, 0.4) is 0 Å². The summed E-state index contributed by atoms with van der Waals surface area (Å²) < 4.78 is 24.5. The highest BCUT2D eigenvalue weighted by molar-refractivity contribution is 6.01. The highest BCUT2D eigenvalue weighted by Crippen LogP contribution is 2.70.